The van der Waals surface area contributed by atoms with Gasteiger partial charge in [0.2, 0.25) is 0 Å². The fourth-order valence-corrected chi connectivity index (χ4v) is 2.46. The molecule has 0 aliphatic heterocycles. The lowest BCUT2D eigenvalue weighted by atomic mass is 9.94. The predicted octanol–water partition coefficient (Wildman–Crippen LogP) is 4.76. The van der Waals surface area contributed by atoms with Gasteiger partial charge in [0.15, 0.2) is 0 Å². The minimum atomic E-state index is -0.685. The molecule has 1 N–H and O–H groups in total. The molecule has 0 aliphatic rings. The van der Waals surface area contributed by atoms with Gasteiger partial charge < -0.3 is 5.32 Å². The summed E-state index contributed by atoms with van der Waals surface area (Å²) < 4.78 is 41.0. The number of benzene rings is 2. The van der Waals surface area contributed by atoms with Crippen LogP contribution in [-0.2, 0) is 0 Å². The van der Waals surface area contributed by atoms with Gasteiger partial charge in [-0.1, -0.05) is 24.6 Å². The SMILES string of the molecule is CCNC(c1ccc(F)cc1C)c1cc(F)c(Cl)cc1F. The van der Waals surface area contributed by atoms with Crippen LogP contribution in [0.3, 0.4) is 0 Å². The molecule has 5 heteroatoms. The Kier molecular flexibility index (Phi) is 4.91. The molecule has 2 rings (SSSR count). The van der Waals surface area contributed by atoms with E-state index in [0.29, 0.717) is 17.7 Å². The third-order valence-corrected chi connectivity index (χ3v) is 3.59. The van der Waals surface area contributed by atoms with Crippen LogP contribution in [0.15, 0.2) is 30.3 Å². The molecule has 2 aromatic carbocycles. The van der Waals surface area contributed by atoms with Gasteiger partial charge in [0.05, 0.1) is 11.1 Å². The zero-order chi connectivity index (χ0) is 15.6. The van der Waals surface area contributed by atoms with Crippen molar-refractivity contribution in [3.05, 3.63) is 69.5 Å². The van der Waals surface area contributed by atoms with E-state index in [1.54, 1.807) is 13.0 Å². The Bertz CT molecular complexity index is 658. The van der Waals surface area contributed by atoms with Gasteiger partial charge in [0.25, 0.3) is 0 Å². The van der Waals surface area contributed by atoms with E-state index in [0.717, 1.165) is 12.1 Å². The normalized spacial score (nSPS) is 12.5. The quantitative estimate of drug-likeness (QED) is 0.802. The monoisotopic (exact) mass is 313 g/mol. The molecule has 0 saturated carbocycles. The molecule has 0 aliphatic carbocycles. The van der Waals surface area contributed by atoms with Crippen LogP contribution in [-0.4, -0.2) is 6.54 Å². The minimum Gasteiger partial charge on any atom is -0.306 e. The summed E-state index contributed by atoms with van der Waals surface area (Å²) in [5, 5.41) is 2.83. The Morgan fingerprint density at radius 3 is 2.38 bits per heavy atom. The molecular formula is C16H15ClF3N. The van der Waals surface area contributed by atoms with Crippen LogP contribution in [0, 0.1) is 24.4 Å². The minimum absolute atomic E-state index is 0.147. The summed E-state index contributed by atoms with van der Waals surface area (Å²) in [5.74, 6) is -1.65. The lowest BCUT2D eigenvalue weighted by molar-refractivity contribution is 0.543. The van der Waals surface area contributed by atoms with E-state index in [1.807, 2.05) is 6.92 Å². The Morgan fingerprint density at radius 1 is 1.05 bits per heavy atom. The fourth-order valence-electron chi connectivity index (χ4n) is 2.31. The van der Waals surface area contributed by atoms with Gasteiger partial charge in [0.1, 0.15) is 17.5 Å². The van der Waals surface area contributed by atoms with Gasteiger partial charge in [-0.3, -0.25) is 0 Å². The van der Waals surface area contributed by atoms with E-state index in [9.17, 15) is 13.2 Å². The van der Waals surface area contributed by atoms with Crippen LogP contribution in [0.4, 0.5) is 13.2 Å². The van der Waals surface area contributed by atoms with Crippen molar-refractivity contribution in [3.8, 4) is 0 Å². The van der Waals surface area contributed by atoms with Crippen molar-refractivity contribution in [2.75, 3.05) is 6.54 Å². The molecule has 21 heavy (non-hydrogen) atoms. The van der Waals surface area contributed by atoms with Crippen molar-refractivity contribution in [3.63, 3.8) is 0 Å². The van der Waals surface area contributed by atoms with Crippen LogP contribution in [0.5, 0.6) is 0 Å². The van der Waals surface area contributed by atoms with E-state index >= 15 is 0 Å². The Morgan fingerprint density at radius 2 is 1.76 bits per heavy atom. The summed E-state index contributed by atoms with van der Waals surface area (Å²) >= 11 is 5.58. The van der Waals surface area contributed by atoms with E-state index in [4.69, 9.17) is 11.6 Å². The first-order valence-corrected chi connectivity index (χ1v) is 6.95. The summed E-state index contributed by atoms with van der Waals surface area (Å²) in [6, 6.07) is 5.70. The molecule has 1 atom stereocenters. The van der Waals surface area contributed by atoms with Crippen LogP contribution in [0.25, 0.3) is 0 Å². The van der Waals surface area contributed by atoms with Crippen molar-refractivity contribution in [2.24, 2.45) is 0 Å². The number of aryl methyl sites for hydroxylation is 1. The number of rotatable bonds is 4. The van der Waals surface area contributed by atoms with E-state index < -0.39 is 17.7 Å². The largest absolute Gasteiger partial charge is 0.306 e. The molecule has 2 aromatic rings. The molecule has 0 radical (unpaired) electrons. The average Bonchev–Trinajstić information content (AvgIpc) is 2.41. The molecule has 0 heterocycles. The fraction of sp³-hybridized carbons (Fsp3) is 0.250. The zero-order valence-electron chi connectivity index (χ0n) is 11.7. The van der Waals surface area contributed by atoms with Gasteiger partial charge in [-0.25, -0.2) is 13.2 Å². The first kappa shape index (κ1) is 15.9. The number of halogens is 4. The highest BCUT2D eigenvalue weighted by atomic mass is 35.5. The van der Waals surface area contributed by atoms with Crippen molar-refractivity contribution >= 4 is 11.6 Å². The molecule has 1 nitrogen and oxygen atoms in total. The van der Waals surface area contributed by atoms with Gasteiger partial charge in [-0.05, 0) is 48.9 Å². The summed E-state index contributed by atoms with van der Waals surface area (Å²) in [6.45, 7) is 4.13. The smallest absolute Gasteiger partial charge is 0.142 e. The second-order valence-corrected chi connectivity index (χ2v) is 5.19. The highest BCUT2D eigenvalue weighted by Crippen LogP contribution is 2.30. The van der Waals surface area contributed by atoms with Crippen LogP contribution in [0.1, 0.15) is 29.7 Å². The van der Waals surface area contributed by atoms with Gasteiger partial charge in [0, 0.05) is 5.56 Å². The van der Waals surface area contributed by atoms with E-state index in [-0.39, 0.29) is 16.4 Å². The number of hydrogen-bond donors (Lipinski definition) is 1. The predicted molar refractivity (Wildman–Crippen MR) is 78.0 cm³/mol. The van der Waals surface area contributed by atoms with Crippen molar-refractivity contribution in [2.45, 2.75) is 19.9 Å². The van der Waals surface area contributed by atoms with Crippen LogP contribution >= 0.6 is 11.6 Å². The Hall–Kier alpha value is -1.52. The van der Waals surface area contributed by atoms with Gasteiger partial charge in [-0.2, -0.15) is 0 Å². The maximum absolute atomic E-state index is 14.1. The summed E-state index contributed by atoms with van der Waals surface area (Å²) in [4.78, 5) is 0. The highest BCUT2D eigenvalue weighted by Gasteiger charge is 2.21. The second kappa shape index (κ2) is 6.50. The molecule has 1 unspecified atom stereocenters. The molecular weight excluding hydrogens is 299 g/mol. The van der Waals surface area contributed by atoms with Crippen molar-refractivity contribution in [1.29, 1.82) is 0 Å². The molecule has 0 bridgehead atoms. The molecule has 0 spiro atoms. The molecule has 0 aromatic heterocycles. The topological polar surface area (TPSA) is 12.0 Å². The van der Waals surface area contributed by atoms with Crippen LogP contribution in [0.2, 0.25) is 5.02 Å². The first-order valence-electron chi connectivity index (χ1n) is 6.58. The standard InChI is InChI=1S/C16H15ClF3N/c1-3-21-16(11-5-4-10(18)6-9(11)2)12-7-15(20)13(17)8-14(12)19/h4-8,16,21H,3H2,1-2H3. The molecule has 0 fully saturated rings. The van der Waals surface area contributed by atoms with Crippen molar-refractivity contribution < 1.29 is 13.2 Å². The van der Waals surface area contributed by atoms with Gasteiger partial charge in [-0.15, -0.1) is 0 Å². The first-order chi connectivity index (χ1) is 9.93. The summed E-state index contributed by atoms with van der Waals surface area (Å²) in [6.07, 6.45) is 0. The summed E-state index contributed by atoms with van der Waals surface area (Å²) in [7, 11) is 0. The Balaban J connectivity index is 2.55. The van der Waals surface area contributed by atoms with Crippen LogP contribution < -0.4 is 5.32 Å². The molecule has 112 valence electrons. The molecule has 0 amide bonds. The van der Waals surface area contributed by atoms with E-state index in [1.165, 1.54) is 12.1 Å². The Labute approximate surface area is 126 Å². The maximum atomic E-state index is 14.1. The third-order valence-electron chi connectivity index (χ3n) is 3.30. The zero-order valence-corrected chi connectivity index (χ0v) is 12.4. The average molecular weight is 314 g/mol. The number of nitrogens with one attached hydrogen (secondary N) is 1. The lowest BCUT2D eigenvalue weighted by Crippen LogP contribution is -2.24. The summed E-state index contributed by atoms with van der Waals surface area (Å²) in [5.41, 5.74) is 1.50. The third kappa shape index (κ3) is 3.39. The highest BCUT2D eigenvalue weighted by molar-refractivity contribution is 6.30. The molecule has 0 saturated heterocycles. The maximum Gasteiger partial charge on any atom is 0.142 e. The lowest BCUT2D eigenvalue weighted by Gasteiger charge is -2.22. The second-order valence-electron chi connectivity index (χ2n) is 4.78. The number of hydrogen-bond acceptors (Lipinski definition) is 1. The van der Waals surface area contributed by atoms with Gasteiger partial charge >= 0.3 is 0 Å². The van der Waals surface area contributed by atoms with E-state index in [2.05, 4.69) is 5.32 Å². The van der Waals surface area contributed by atoms with Crippen molar-refractivity contribution in [1.82, 2.24) is 5.32 Å².